The van der Waals surface area contributed by atoms with Crippen LogP contribution in [0.2, 0.25) is 0 Å². The fraction of sp³-hybridized carbons (Fsp3) is 0.643. The Kier molecular flexibility index (Phi) is 3.50. The Morgan fingerprint density at radius 1 is 1.53 bits per heavy atom. The van der Waals surface area contributed by atoms with E-state index < -0.39 is 0 Å². The molecular weight excluding hydrogens is 258 g/mol. The van der Waals surface area contributed by atoms with Crippen molar-refractivity contribution in [1.82, 2.24) is 4.90 Å². The molecule has 104 valence electrons. The summed E-state index contributed by atoms with van der Waals surface area (Å²) in [4.78, 5) is 4.04. The minimum atomic E-state index is 0.274. The van der Waals surface area contributed by atoms with Crippen molar-refractivity contribution >= 4 is 17.2 Å². The molecule has 0 aromatic carbocycles. The van der Waals surface area contributed by atoms with E-state index in [2.05, 4.69) is 27.6 Å². The zero-order chi connectivity index (χ0) is 13.3. The first-order valence-electron chi connectivity index (χ1n) is 6.94. The maximum Gasteiger partial charge on any atom is 0.139 e. The molecule has 0 unspecified atom stereocenters. The van der Waals surface area contributed by atoms with E-state index in [9.17, 15) is 0 Å². The van der Waals surface area contributed by atoms with Crippen molar-refractivity contribution in [3.05, 3.63) is 22.4 Å². The van der Waals surface area contributed by atoms with E-state index in [1.165, 1.54) is 30.6 Å². The number of amidine groups is 1. The predicted octanol–water partition coefficient (Wildman–Crippen LogP) is 2.63. The van der Waals surface area contributed by atoms with Crippen molar-refractivity contribution in [2.45, 2.75) is 44.7 Å². The lowest BCUT2D eigenvalue weighted by Gasteiger charge is -2.26. The van der Waals surface area contributed by atoms with Gasteiger partial charge in [-0.3, -0.25) is 4.90 Å². The zero-order valence-electron chi connectivity index (χ0n) is 11.1. The van der Waals surface area contributed by atoms with Crippen molar-refractivity contribution in [3.63, 3.8) is 0 Å². The number of hydrogen-bond donors (Lipinski definition) is 2. The Bertz CT molecular complexity index is 449. The topological polar surface area (TPSA) is 61.8 Å². The van der Waals surface area contributed by atoms with E-state index in [4.69, 9.17) is 10.9 Å². The van der Waals surface area contributed by atoms with Gasteiger partial charge in [0.1, 0.15) is 5.84 Å². The van der Waals surface area contributed by atoms with Crippen molar-refractivity contribution in [3.8, 4) is 0 Å². The minimum absolute atomic E-state index is 0.274. The molecule has 0 aliphatic heterocycles. The molecule has 4 nitrogen and oxygen atoms in total. The van der Waals surface area contributed by atoms with Crippen LogP contribution in [0.25, 0.3) is 0 Å². The van der Waals surface area contributed by atoms with E-state index in [1.807, 2.05) is 11.3 Å². The molecule has 0 atom stereocenters. The van der Waals surface area contributed by atoms with Crippen LogP contribution in [0.3, 0.4) is 0 Å². The SMILES string of the molecule is NC(CC1(CN(Cc2cccs2)C2CC2)CC1)=NO. The molecule has 2 saturated carbocycles. The van der Waals surface area contributed by atoms with E-state index in [-0.39, 0.29) is 5.41 Å². The summed E-state index contributed by atoms with van der Waals surface area (Å²) >= 11 is 1.83. The molecule has 1 aromatic rings. The highest BCUT2D eigenvalue weighted by Gasteiger charge is 2.46. The average Bonchev–Trinajstić information content (AvgIpc) is 3.31. The summed E-state index contributed by atoms with van der Waals surface area (Å²) in [5, 5.41) is 14.0. The third-order valence-electron chi connectivity index (χ3n) is 4.18. The maximum atomic E-state index is 8.74. The van der Waals surface area contributed by atoms with Crippen LogP contribution in [-0.4, -0.2) is 28.5 Å². The van der Waals surface area contributed by atoms with Crippen molar-refractivity contribution in [2.75, 3.05) is 6.54 Å². The lowest BCUT2D eigenvalue weighted by molar-refractivity contribution is 0.205. The molecule has 0 amide bonds. The summed E-state index contributed by atoms with van der Waals surface area (Å²) < 4.78 is 0. The van der Waals surface area contributed by atoms with Gasteiger partial charge in [-0.1, -0.05) is 11.2 Å². The summed E-state index contributed by atoms with van der Waals surface area (Å²) in [6.07, 6.45) is 5.79. The molecule has 1 aromatic heterocycles. The number of thiophene rings is 1. The third kappa shape index (κ3) is 3.28. The van der Waals surface area contributed by atoms with Gasteiger partial charge in [0, 0.05) is 30.4 Å². The van der Waals surface area contributed by atoms with E-state index in [0.29, 0.717) is 5.84 Å². The van der Waals surface area contributed by atoms with Crippen LogP contribution < -0.4 is 5.73 Å². The number of nitrogens with two attached hydrogens (primary N) is 1. The average molecular weight is 279 g/mol. The first-order valence-corrected chi connectivity index (χ1v) is 7.82. The van der Waals surface area contributed by atoms with Gasteiger partial charge in [0.2, 0.25) is 0 Å². The molecule has 1 heterocycles. The quantitative estimate of drug-likeness (QED) is 0.349. The van der Waals surface area contributed by atoms with Gasteiger partial charge >= 0.3 is 0 Å². The smallest absolute Gasteiger partial charge is 0.139 e. The summed E-state index contributed by atoms with van der Waals surface area (Å²) in [7, 11) is 0. The van der Waals surface area contributed by atoms with Crippen LogP contribution in [0.15, 0.2) is 22.7 Å². The maximum absolute atomic E-state index is 8.74. The monoisotopic (exact) mass is 279 g/mol. The third-order valence-corrected chi connectivity index (χ3v) is 5.04. The molecule has 0 radical (unpaired) electrons. The van der Waals surface area contributed by atoms with Crippen LogP contribution >= 0.6 is 11.3 Å². The van der Waals surface area contributed by atoms with Gasteiger partial charge in [-0.25, -0.2) is 0 Å². The van der Waals surface area contributed by atoms with E-state index in [1.54, 1.807) is 0 Å². The highest BCUT2D eigenvalue weighted by molar-refractivity contribution is 7.09. The Hall–Kier alpha value is -1.07. The summed E-state index contributed by atoms with van der Waals surface area (Å²) in [5.41, 5.74) is 5.96. The lowest BCUT2D eigenvalue weighted by Crippen LogP contribution is -2.34. The number of oxime groups is 1. The Morgan fingerprint density at radius 3 is 2.84 bits per heavy atom. The Balaban J connectivity index is 1.62. The largest absolute Gasteiger partial charge is 0.409 e. The van der Waals surface area contributed by atoms with Crippen molar-refractivity contribution in [1.29, 1.82) is 0 Å². The van der Waals surface area contributed by atoms with Gasteiger partial charge in [0.25, 0.3) is 0 Å². The van der Waals surface area contributed by atoms with Crippen molar-refractivity contribution in [2.24, 2.45) is 16.3 Å². The highest BCUT2D eigenvalue weighted by atomic mass is 32.1. The first kappa shape index (κ1) is 12.9. The van der Waals surface area contributed by atoms with Crippen molar-refractivity contribution < 1.29 is 5.21 Å². The molecular formula is C14H21N3OS. The molecule has 2 aliphatic carbocycles. The molecule has 3 N–H and O–H groups in total. The fourth-order valence-electron chi connectivity index (χ4n) is 2.77. The minimum Gasteiger partial charge on any atom is -0.409 e. The summed E-state index contributed by atoms with van der Waals surface area (Å²) in [5.74, 6) is 0.379. The standard InChI is InChI=1S/C14H21N3OS/c15-13(16-18)8-14(5-6-14)10-17(11-3-4-11)9-12-2-1-7-19-12/h1-2,7,11,18H,3-6,8-10H2,(H2,15,16). The molecule has 19 heavy (non-hydrogen) atoms. The first-order chi connectivity index (χ1) is 9.21. The second-order valence-electron chi connectivity index (χ2n) is 5.98. The summed E-state index contributed by atoms with van der Waals surface area (Å²) in [6.45, 7) is 2.14. The van der Waals surface area contributed by atoms with Gasteiger partial charge in [-0.05, 0) is 42.5 Å². The highest BCUT2D eigenvalue weighted by Crippen LogP contribution is 2.50. The van der Waals surface area contributed by atoms with Crippen LogP contribution in [0.4, 0.5) is 0 Å². The molecule has 5 heteroatoms. The second-order valence-corrected chi connectivity index (χ2v) is 7.02. The van der Waals surface area contributed by atoms with Crippen LogP contribution in [0.5, 0.6) is 0 Å². The van der Waals surface area contributed by atoms with Gasteiger partial charge in [-0.15, -0.1) is 11.3 Å². The van der Waals surface area contributed by atoms with Gasteiger partial charge in [0.05, 0.1) is 0 Å². The normalized spacial score (nSPS) is 21.8. The van der Waals surface area contributed by atoms with Crippen LogP contribution in [0, 0.1) is 5.41 Å². The number of nitrogens with zero attached hydrogens (tertiary/aromatic N) is 2. The zero-order valence-corrected chi connectivity index (χ0v) is 11.9. The van der Waals surface area contributed by atoms with Gasteiger partial charge < -0.3 is 10.9 Å². The van der Waals surface area contributed by atoms with Gasteiger partial charge in [0.15, 0.2) is 0 Å². The number of hydrogen-bond acceptors (Lipinski definition) is 4. The Labute approximate surface area is 117 Å². The Morgan fingerprint density at radius 2 is 2.32 bits per heavy atom. The van der Waals surface area contributed by atoms with Gasteiger partial charge in [-0.2, -0.15) is 0 Å². The van der Waals surface area contributed by atoms with Crippen LogP contribution in [-0.2, 0) is 6.54 Å². The molecule has 0 spiro atoms. The molecule has 0 bridgehead atoms. The number of rotatable bonds is 7. The molecule has 2 fully saturated rings. The summed E-state index contributed by atoms with van der Waals surface area (Å²) in [6, 6.07) is 5.09. The second kappa shape index (κ2) is 5.13. The molecule has 2 aliphatic rings. The van der Waals surface area contributed by atoms with E-state index >= 15 is 0 Å². The predicted molar refractivity (Wildman–Crippen MR) is 77.4 cm³/mol. The molecule has 3 rings (SSSR count). The lowest BCUT2D eigenvalue weighted by atomic mass is 10.0. The van der Waals surface area contributed by atoms with Crippen LogP contribution in [0.1, 0.15) is 37.0 Å². The molecule has 0 saturated heterocycles. The fourth-order valence-corrected chi connectivity index (χ4v) is 3.50. The van der Waals surface area contributed by atoms with E-state index in [0.717, 1.165) is 25.6 Å².